The average molecular weight is 444 g/mol. The van der Waals surface area contributed by atoms with E-state index in [1.165, 1.54) is 5.56 Å². The highest BCUT2D eigenvalue weighted by Gasteiger charge is 2.46. The van der Waals surface area contributed by atoms with E-state index in [0.29, 0.717) is 25.1 Å². The molecule has 0 N–H and O–H groups in total. The van der Waals surface area contributed by atoms with Crippen molar-refractivity contribution in [1.82, 2.24) is 14.8 Å². The average Bonchev–Trinajstić information content (AvgIpc) is 2.84. The van der Waals surface area contributed by atoms with Gasteiger partial charge in [0.2, 0.25) is 0 Å². The summed E-state index contributed by atoms with van der Waals surface area (Å²) in [6.07, 6.45) is 3.57. The van der Waals surface area contributed by atoms with Gasteiger partial charge in [-0.25, -0.2) is 0 Å². The van der Waals surface area contributed by atoms with Crippen LogP contribution in [-0.2, 0) is 16.0 Å². The molecule has 6 heteroatoms. The van der Waals surface area contributed by atoms with Crippen molar-refractivity contribution >= 4 is 11.8 Å². The van der Waals surface area contributed by atoms with Crippen LogP contribution in [0.3, 0.4) is 0 Å². The van der Waals surface area contributed by atoms with Gasteiger partial charge in [0.1, 0.15) is 0 Å². The number of ether oxygens (including phenoxy) is 1. The molecule has 3 aromatic rings. The van der Waals surface area contributed by atoms with Crippen molar-refractivity contribution in [2.75, 3.05) is 33.8 Å². The van der Waals surface area contributed by atoms with Crippen LogP contribution in [-0.4, -0.2) is 66.0 Å². The van der Waals surface area contributed by atoms with Crippen molar-refractivity contribution in [3.63, 3.8) is 0 Å². The minimum atomic E-state index is -1.13. The fourth-order valence-corrected chi connectivity index (χ4v) is 4.32. The van der Waals surface area contributed by atoms with Gasteiger partial charge in [-0.3, -0.25) is 14.6 Å². The molecule has 1 aliphatic rings. The van der Waals surface area contributed by atoms with E-state index >= 15 is 0 Å². The van der Waals surface area contributed by atoms with Gasteiger partial charge in [0.15, 0.2) is 5.60 Å². The monoisotopic (exact) mass is 443 g/mol. The Morgan fingerprint density at radius 1 is 1.06 bits per heavy atom. The summed E-state index contributed by atoms with van der Waals surface area (Å²) >= 11 is 0. The topological polar surface area (TPSA) is 62.7 Å². The van der Waals surface area contributed by atoms with Gasteiger partial charge in [-0.2, -0.15) is 0 Å². The van der Waals surface area contributed by atoms with E-state index in [0.717, 1.165) is 16.7 Å². The Kier molecular flexibility index (Phi) is 6.56. The lowest BCUT2D eigenvalue weighted by Crippen LogP contribution is -2.61. The third-order valence-electron chi connectivity index (χ3n) is 5.97. The molecule has 1 atom stereocenters. The Hall–Kier alpha value is -3.51. The molecule has 2 aromatic carbocycles. The first-order chi connectivity index (χ1) is 15.9. The molecule has 1 aromatic heterocycles. The van der Waals surface area contributed by atoms with Crippen molar-refractivity contribution in [1.29, 1.82) is 0 Å². The quantitative estimate of drug-likeness (QED) is 0.605. The van der Waals surface area contributed by atoms with Gasteiger partial charge in [-0.05, 0) is 35.7 Å². The Balaban J connectivity index is 1.59. The van der Waals surface area contributed by atoms with Crippen LogP contribution in [0.5, 0.6) is 0 Å². The molecule has 0 radical (unpaired) electrons. The lowest BCUT2D eigenvalue weighted by atomic mass is 9.89. The Morgan fingerprint density at radius 2 is 1.85 bits per heavy atom. The number of nitrogens with zero attached hydrogens (tertiary/aromatic N) is 3. The van der Waals surface area contributed by atoms with E-state index in [4.69, 9.17) is 4.74 Å². The largest absolute Gasteiger partial charge is 0.361 e. The smallest absolute Gasteiger partial charge is 0.256 e. The summed E-state index contributed by atoms with van der Waals surface area (Å²) in [7, 11) is 3.44. The molecule has 1 fully saturated rings. The number of morpholine rings is 1. The van der Waals surface area contributed by atoms with Crippen molar-refractivity contribution in [3.05, 3.63) is 89.7 Å². The van der Waals surface area contributed by atoms with Gasteiger partial charge >= 0.3 is 0 Å². The summed E-state index contributed by atoms with van der Waals surface area (Å²) in [6, 6.07) is 20.1. The Morgan fingerprint density at radius 3 is 2.52 bits per heavy atom. The predicted molar refractivity (Wildman–Crippen MR) is 128 cm³/mol. The number of pyridine rings is 1. The third kappa shape index (κ3) is 4.96. The fourth-order valence-electron chi connectivity index (χ4n) is 4.32. The molecule has 2 amide bonds. The number of carbonyl (C=O) groups is 2. The van der Waals surface area contributed by atoms with Crippen molar-refractivity contribution < 1.29 is 14.3 Å². The Labute approximate surface area is 194 Å². The van der Waals surface area contributed by atoms with Crippen LogP contribution >= 0.6 is 0 Å². The number of aromatic nitrogens is 1. The minimum Gasteiger partial charge on any atom is -0.361 e. The molecule has 2 heterocycles. The van der Waals surface area contributed by atoms with E-state index in [1.807, 2.05) is 18.2 Å². The highest BCUT2D eigenvalue weighted by molar-refractivity contribution is 5.95. The zero-order chi connectivity index (χ0) is 23.4. The number of benzene rings is 2. The summed E-state index contributed by atoms with van der Waals surface area (Å²) < 4.78 is 6.14. The first kappa shape index (κ1) is 22.7. The fraction of sp³-hybridized carbons (Fsp3) is 0.296. The second kappa shape index (κ2) is 9.55. The number of aryl methyl sites for hydroxylation is 1. The summed E-state index contributed by atoms with van der Waals surface area (Å²) in [5.74, 6) is -0.286. The van der Waals surface area contributed by atoms with Gasteiger partial charge in [0, 0.05) is 39.5 Å². The first-order valence-electron chi connectivity index (χ1n) is 11.1. The summed E-state index contributed by atoms with van der Waals surface area (Å²) in [5, 5.41) is 0. The number of amides is 2. The molecule has 0 saturated carbocycles. The molecule has 0 spiro atoms. The molecular weight excluding hydrogens is 414 g/mol. The molecule has 4 rings (SSSR count). The van der Waals surface area contributed by atoms with Gasteiger partial charge in [0.25, 0.3) is 11.8 Å². The number of likely N-dealkylation sites (N-methyl/N-ethyl adjacent to an activating group) is 1. The van der Waals surface area contributed by atoms with Gasteiger partial charge in [-0.1, -0.05) is 54.1 Å². The van der Waals surface area contributed by atoms with E-state index < -0.39 is 5.60 Å². The van der Waals surface area contributed by atoms with E-state index in [1.54, 1.807) is 48.4 Å². The lowest BCUT2D eigenvalue weighted by Gasteiger charge is -2.42. The SMILES string of the molecule is Cc1cccc(-c2ccc(C[C@]3(C(=O)N(C)C)CN(C(=O)c4cccnc4)CCO3)cc2)c1. The second-order valence-electron chi connectivity index (χ2n) is 8.75. The van der Waals surface area contributed by atoms with Crippen LogP contribution in [0.2, 0.25) is 0 Å². The molecular formula is C27H29N3O3. The minimum absolute atomic E-state index is 0.142. The van der Waals surface area contributed by atoms with Gasteiger partial charge < -0.3 is 14.5 Å². The number of hydrogen-bond donors (Lipinski definition) is 0. The van der Waals surface area contributed by atoms with Crippen molar-refractivity contribution in [2.45, 2.75) is 18.9 Å². The first-order valence-corrected chi connectivity index (χ1v) is 11.1. The summed E-state index contributed by atoms with van der Waals surface area (Å²) in [6.45, 7) is 3.00. The van der Waals surface area contributed by atoms with Crippen LogP contribution in [0.4, 0.5) is 0 Å². The maximum absolute atomic E-state index is 13.3. The molecule has 6 nitrogen and oxygen atoms in total. The molecule has 1 aliphatic heterocycles. The third-order valence-corrected chi connectivity index (χ3v) is 5.97. The number of carbonyl (C=O) groups excluding carboxylic acids is 2. The van der Waals surface area contributed by atoms with Crippen LogP contribution in [0.25, 0.3) is 11.1 Å². The molecule has 0 unspecified atom stereocenters. The molecule has 0 bridgehead atoms. The van der Waals surface area contributed by atoms with E-state index in [-0.39, 0.29) is 18.4 Å². The maximum atomic E-state index is 13.3. The number of rotatable bonds is 5. The van der Waals surface area contributed by atoms with Crippen LogP contribution < -0.4 is 0 Å². The number of hydrogen-bond acceptors (Lipinski definition) is 4. The highest BCUT2D eigenvalue weighted by Crippen LogP contribution is 2.28. The Bertz CT molecular complexity index is 1130. The highest BCUT2D eigenvalue weighted by atomic mass is 16.5. The molecule has 1 saturated heterocycles. The zero-order valence-corrected chi connectivity index (χ0v) is 19.3. The molecule has 33 heavy (non-hydrogen) atoms. The molecule has 0 aliphatic carbocycles. The second-order valence-corrected chi connectivity index (χ2v) is 8.75. The van der Waals surface area contributed by atoms with Crippen molar-refractivity contribution in [2.24, 2.45) is 0 Å². The standard InChI is InChI=1S/C27H29N3O3/c1-20-6-4-7-23(16-20)22-11-9-21(10-12-22)17-27(26(32)29(2)3)19-30(14-15-33-27)25(31)24-8-5-13-28-18-24/h4-13,16,18H,14-15,17,19H2,1-3H3/t27-/m1/s1. The molecule has 170 valence electrons. The van der Waals surface area contributed by atoms with Crippen molar-refractivity contribution in [3.8, 4) is 11.1 Å². The predicted octanol–water partition coefficient (Wildman–Crippen LogP) is 3.60. The zero-order valence-electron chi connectivity index (χ0n) is 19.3. The van der Waals surface area contributed by atoms with E-state index in [2.05, 4.69) is 42.2 Å². The van der Waals surface area contributed by atoms with Crippen LogP contribution in [0, 0.1) is 6.92 Å². The lowest BCUT2D eigenvalue weighted by molar-refractivity contribution is -0.165. The van der Waals surface area contributed by atoms with Gasteiger partial charge in [0.05, 0.1) is 18.7 Å². The summed E-state index contributed by atoms with van der Waals surface area (Å²) in [4.78, 5) is 33.7. The van der Waals surface area contributed by atoms with Crippen LogP contribution in [0.15, 0.2) is 73.1 Å². The van der Waals surface area contributed by atoms with E-state index in [9.17, 15) is 9.59 Å². The van der Waals surface area contributed by atoms with Crippen LogP contribution in [0.1, 0.15) is 21.5 Å². The van der Waals surface area contributed by atoms with Gasteiger partial charge in [-0.15, -0.1) is 0 Å². The summed E-state index contributed by atoms with van der Waals surface area (Å²) in [5.41, 5.74) is 3.84. The normalized spacial score (nSPS) is 18.1. The maximum Gasteiger partial charge on any atom is 0.256 e.